The first-order chi connectivity index (χ1) is 9.08. The van der Waals surface area contributed by atoms with Crippen LogP contribution < -0.4 is 5.32 Å². The molecule has 1 aliphatic rings. The molecule has 0 aromatic heterocycles. The predicted octanol–water partition coefficient (Wildman–Crippen LogP) is 4.58. The third-order valence-corrected chi connectivity index (χ3v) is 4.31. The predicted molar refractivity (Wildman–Crippen MR) is 73.9 cm³/mol. The minimum atomic E-state index is -0.781. The van der Waals surface area contributed by atoms with E-state index < -0.39 is 11.6 Å². The number of hydrogen-bond acceptors (Lipinski definition) is 1. The van der Waals surface area contributed by atoms with Crippen molar-refractivity contribution in [3.8, 4) is 0 Å². The number of nitrogens with one attached hydrogen (secondary N) is 1. The molecule has 1 aromatic carbocycles. The first kappa shape index (κ1) is 14.4. The van der Waals surface area contributed by atoms with Crippen LogP contribution in [0, 0.1) is 17.6 Å². The van der Waals surface area contributed by atoms with E-state index in [1.807, 2.05) is 6.92 Å². The van der Waals surface area contributed by atoms with Gasteiger partial charge in [-0.25, -0.2) is 8.78 Å². The Morgan fingerprint density at radius 1 is 1.05 bits per heavy atom. The molecule has 1 unspecified atom stereocenters. The van der Waals surface area contributed by atoms with Crippen LogP contribution in [0.15, 0.2) is 18.2 Å². The van der Waals surface area contributed by atoms with Crippen molar-refractivity contribution < 1.29 is 8.78 Å². The molecule has 2 rings (SSSR count). The molecule has 1 N–H and O–H groups in total. The molecule has 1 aromatic rings. The minimum absolute atomic E-state index is 0.0482. The van der Waals surface area contributed by atoms with E-state index in [4.69, 9.17) is 0 Å². The minimum Gasteiger partial charge on any atom is -0.307 e. The summed E-state index contributed by atoms with van der Waals surface area (Å²) in [6.07, 6.45) is 6.53. The highest BCUT2D eigenvalue weighted by Crippen LogP contribution is 2.27. The Kier molecular flexibility index (Phi) is 4.92. The SMILES string of the molecule is CC(N[C@@H](C)C1CCCCC1)c1ccc(F)c(F)c1. The molecular weight excluding hydrogens is 244 g/mol. The number of benzene rings is 1. The molecule has 1 fully saturated rings. The van der Waals surface area contributed by atoms with Gasteiger partial charge in [-0.1, -0.05) is 25.3 Å². The third-order valence-electron chi connectivity index (χ3n) is 4.31. The molecule has 1 aliphatic carbocycles. The second-order valence-electron chi connectivity index (χ2n) is 5.75. The zero-order valence-electron chi connectivity index (χ0n) is 11.8. The molecule has 0 amide bonds. The van der Waals surface area contributed by atoms with Crippen LogP contribution in [-0.4, -0.2) is 6.04 Å². The van der Waals surface area contributed by atoms with Gasteiger partial charge in [0.1, 0.15) is 0 Å². The van der Waals surface area contributed by atoms with Gasteiger partial charge < -0.3 is 5.32 Å². The van der Waals surface area contributed by atoms with Crippen molar-refractivity contribution in [2.45, 2.75) is 58.0 Å². The molecule has 106 valence electrons. The number of rotatable bonds is 4. The summed E-state index contributed by atoms with van der Waals surface area (Å²) in [6.45, 7) is 4.21. The van der Waals surface area contributed by atoms with E-state index in [1.54, 1.807) is 6.07 Å². The van der Waals surface area contributed by atoms with Crippen molar-refractivity contribution in [2.24, 2.45) is 5.92 Å². The highest BCUT2D eigenvalue weighted by molar-refractivity contribution is 5.20. The molecule has 0 heterocycles. The molecule has 19 heavy (non-hydrogen) atoms. The van der Waals surface area contributed by atoms with Crippen LogP contribution in [0.2, 0.25) is 0 Å². The molecule has 1 nitrogen and oxygen atoms in total. The zero-order chi connectivity index (χ0) is 13.8. The van der Waals surface area contributed by atoms with E-state index in [9.17, 15) is 8.78 Å². The summed E-state index contributed by atoms with van der Waals surface area (Å²) in [6, 6.07) is 4.62. The molecule has 0 radical (unpaired) electrons. The van der Waals surface area contributed by atoms with Gasteiger partial charge in [-0.3, -0.25) is 0 Å². The standard InChI is InChI=1S/C16H23F2N/c1-11(13-6-4-3-5-7-13)19-12(2)14-8-9-15(17)16(18)10-14/h8-13,19H,3-7H2,1-2H3/t11-,12?/m0/s1. The lowest BCUT2D eigenvalue weighted by Gasteiger charge is -2.30. The Hall–Kier alpha value is -0.960. The highest BCUT2D eigenvalue weighted by Gasteiger charge is 2.21. The van der Waals surface area contributed by atoms with Crippen molar-refractivity contribution >= 4 is 0 Å². The zero-order valence-corrected chi connectivity index (χ0v) is 11.8. The fraction of sp³-hybridized carbons (Fsp3) is 0.625. The largest absolute Gasteiger partial charge is 0.307 e. The van der Waals surface area contributed by atoms with Crippen LogP contribution in [0.1, 0.15) is 57.6 Å². The van der Waals surface area contributed by atoms with E-state index in [0.717, 1.165) is 5.56 Å². The Labute approximate surface area is 114 Å². The van der Waals surface area contributed by atoms with Crippen LogP contribution >= 0.6 is 0 Å². The summed E-state index contributed by atoms with van der Waals surface area (Å²) in [5, 5.41) is 3.52. The van der Waals surface area contributed by atoms with Crippen molar-refractivity contribution in [2.75, 3.05) is 0 Å². The summed E-state index contributed by atoms with van der Waals surface area (Å²) >= 11 is 0. The van der Waals surface area contributed by atoms with Gasteiger partial charge in [0.15, 0.2) is 11.6 Å². The van der Waals surface area contributed by atoms with Crippen molar-refractivity contribution in [1.82, 2.24) is 5.32 Å². The first-order valence-corrected chi connectivity index (χ1v) is 7.29. The maximum absolute atomic E-state index is 13.2. The highest BCUT2D eigenvalue weighted by atomic mass is 19.2. The van der Waals surface area contributed by atoms with Crippen molar-refractivity contribution in [3.63, 3.8) is 0 Å². The molecule has 0 saturated heterocycles. The molecule has 2 atom stereocenters. The maximum Gasteiger partial charge on any atom is 0.159 e. The van der Waals surface area contributed by atoms with Crippen molar-refractivity contribution in [1.29, 1.82) is 0 Å². The maximum atomic E-state index is 13.2. The summed E-state index contributed by atoms with van der Waals surface area (Å²) in [5.41, 5.74) is 0.807. The van der Waals surface area contributed by atoms with E-state index >= 15 is 0 Å². The second kappa shape index (κ2) is 6.47. The van der Waals surface area contributed by atoms with E-state index in [-0.39, 0.29) is 6.04 Å². The lowest BCUT2D eigenvalue weighted by molar-refractivity contribution is 0.268. The summed E-state index contributed by atoms with van der Waals surface area (Å²) in [5.74, 6) is -0.839. The fourth-order valence-electron chi connectivity index (χ4n) is 3.04. The Morgan fingerprint density at radius 3 is 2.37 bits per heavy atom. The van der Waals surface area contributed by atoms with Crippen LogP contribution in [0.3, 0.4) is 0 Å². The van der Waals surface area contributed by atoms with Gasteiger partial charge in [-0.2, -0.15) is 0 Å². The molecular formula is C16H23F2N. The van der Waals surface area contributed by atoms with Gasteiger partial charge in [0.2, 0.25) is 0 Å². The molecule has 1 saturated carbocycles. The summed E-state index contributed by atoms with van der Waals surface area (Å²) in [4.78, 5) is 0. The molecule has 0 aliphatic heterocycles. The fourth-order valence-corrected chi connectivity index (χ4v) is 3.04. The third kappa shape index (κ3) is 3.75. The first-order valence-electron chi connectivity index (χ1n) is 7.29. The van der Waals surface area contributed by atoms with Crippen LogP contribution in [0.25, 0.3) is 0 Å². The average molecular weight is 267 g/mol. The van der Waals surface area contributed by atoms with Gasteiger partial charge >= 0.3 is 0 Å². The molecule has 0 bridgehead atoms. The van der Waals surface area contributed by atoms with Gasteiger partial charge in [-0.05, 0) is 50.3 Å². The van der Waals surface area contributed by atoms with E-state index in [0.29, 0.717) is 12.0 Å². The van der Waals surface area contributed by atoms with Crippen molar-refractivity contribution in [3.05, 3.63) is 35.4 Å². The molecule has 3 heteroatoms. The number of hydrogen-bond donors (Lipinski definition) is 1. The topological polar surface area (TPSA) is 12.0 Å². The summed E-state index contributed by atoms with van der Waals surface area (Å²) < 4.78 is 26.1. The Balaban J connectivity index is 1.95. The smallest absolute Gasteiger partial charge is 0.159 e. The quantitative estimate of drug-likeness (QED) is 0.841. The second-order valence-corrected chi connectivity index (χ2v) is 5.75. The molecule has 0 spiro atoms. The van der Waals surface area contributed by atoms with E-state index in [1.165, 1.54) is 44.2 Å². The van der Waals surface area contributed by atoms with Gasteiger partial charge in [0.05, 0.1) is 0 Å². The monoisotopic (exact) mass is 267 g/mol. The summed E-state index contributed by atoms with van der Waals surface area (Å²) in [7, 11) is 0. The Morgan fingerprint density at radius 2 is 1.74 bits per heavy atom. The van der Waals surface area contributed by atoms with Crippen LogP contribution in [-0.2, 0) is 0 Å². The lowest BCUT2D eigenvalue weighted by Crippen LogP contribution is -2.36. The van der Waals surface area contributed by atoms with Gasteiger partial charge in [0, 0.05) is 12.1 Å². The number of halogens is 2. The van der Waals surface area contributed by atoms with Gasteiger partial charge in [0.25, 0.3) is 0 Å². The van der Waals surface area contributed by atoms with E-state index in [2.05, 4.69) is 12.2 Å². The normalized spacial score (nSPS) is 20.2. The van der Waals surface area contributed by atoms with Crippen LogP contribution in [0.4, 0.5) is 8.78 Å². The van der Waals surface area contributed by atoms with Crippen LogP contribution in [0.5, 0.6) is 0 Å². The average Bonchev–Trinajstić information content (AvgIpc) is 2.42. The van der Waals surface area contributed by atoms with Gasteiger partial charge in [-0.15, -0.1) is 0 Å². The lowest BCUT2D eigenvalue weighted by atomic mass is 9.84. The Bertz CT molecular complexity index is 413.